The van der Waals surface area contributed by atoms with Gasteiger partial charge in [-0.1, -0.05) is 187 Å². The van der Waals surface area contributed by atoms with Crippen LogP contribution < -0.4 is 3.97 Å². The van der Waals surface area contributed by atoms with E-state index >= 15 is 0 Å². The summed E-state index contributed by atoms with van der Waals surface area (Å²) in [5, 5.41) is 0. The van der Waals surface area contributed by atoms with Crippen LogP contribution in [0.2, 0.25) is 0 Å². The summed E-state index contributed by atoms with van der Waals surface area (Å²) in [7, 11) is 0. The molecule has 0 aromatic carbocycles. The maximum absolute atomic E-state index is 6.31. The van der Waals surface area contributed by atoms with Crippen molar-refractivity contribution in [3.63, 3.8) is 0 Å². The molecule has 0 amide bonds. The van der Waals surface area contributed by atoms with Crippen LogP contribution in [0.15, 0.2) is 30.6 Å². The second kappa shape index (κ2) is 32.0. The van der Waals surface area contributed by atoms with Crippen LogP contribution in [0.25, 0.3) is 0 Å². The smallest absolute Gasteiger partial charge is 0.317 e. The van der Waals surface area contributed by atoms with Gasteiger partial charge in [0.15, 0.2) is 12.4 Å². The number of pyridine rings is 1. The lowest BCUT2D eigenvalue weighted by Gasteiger charge is -2.17. The van der Waals surface area contributed by atoms with Crippen molar-refractivity contribution in [1.29, 1.82) is 0 Å². The molecule has 1 aromatic heterocycles. The number of hydrogen-bond acceptors (Lipinski definition) is 4. The van der Waals surface area contributed by atoms with E-state index in [9.17, 15) is 0 Å². The van der Waals surface area contributed by atoms with Crippen LogP contribution in [0.1, 0.15) is 194 Å². The Hall–Kier alpha value is 0.0700. The van der Waals surface area contributed by atoms with E-state index in [1.807, 2.05) is 30.6 Å². The van der Waals surface area contributed by atoms with Gasteiger partial charge in [-0.25, -0.2) is 0 Å². The van der Waals surface area contributed by atoms with Crippen LogP contribution in [0, 0.1) is 0 Å². The fourth-order valence-electron chi connectivity index (χ4n) is 5.58. The first-order chi connectivity index (χ1) is 21.2. The highest BCUT2D eigenvalue weighted by Gasteiger charge is 2.28. The van der Waals surface area contributed by atoms with Crippen molar-refractivity contribution >= 4 is 29.1 Å². The SMILES string of the molecule is CCCCCCCCCCCCCCCCOP(=S)(OCCCCCCCCCCCCCCCC)S[n+]1ccccc1. The molecule has 6 heteroatoms. The molecular weight excluding hydrogens is 586 g/mol. The van der Waals surface area contributed by atoms with Gasteiger partial charge in [-0.15, -0.1) is 3.97 Å². The Morgan fingerprint density at radius 1 is 0.442 bits per heavy atom. The average Bonchev–Trinajstić information content (AvgIpc) is 3.01. The molecule has 0 aliphatic rings. The Bertz CT molecular complexity index is 699. The summed E-state index contributed by atoms with van der Waals surface area (Å²) in [5.74, 6) is 0. The zero-order chi connectivity index (χ0) is 30.9. The van der Waals surface area contributed by atoms with Gasteiger partial charge in [-0.2, -0.15) is 0 Å². The molecule has 3 nitrogen and oxygen atoms in total. The van der Waals surface area contributed by atoms with E-state index in [-0.39, 0.29) is 0 Å². The predicted octanol–water partition coefficient (Wildman–Crippen LogP) is 13.7. The maximum atomic E-state index is 6.31. The van der Waals surface area contributed by atoms with Gasteiger partial charge in [0.25, 0.3) is 11.6 Å². The first kappa shape index (κ1) is 41.1. The lowest BCUT2D eigenvalue weighted by molar-refractivity contribution is -0.491. The molecule has 0 unspecified atom stereocenters. The largest absolute Gasteiger partial charge is 0.318 e. The van der Waals surface area contributed by atoms with E-state index in [1.165, 1.54) is 167 Å². The van der Waals surface area contributed by atoms with Gasteiger partial charge >= 0.3 is 5.69 Å². The lowest BCUT2D eigenvalue weighted by Crippen LogP contribution is -2.23. The highest BCUT2D eigenvalue weighted by atomic mass is 32.9. The monoisotopic (exact) mass is 656 g/mol. The normalized spacial score (nSPS) is 11.9. The minimum atomic E-state index is -2.40. The third-order valence-corrected chi connectivity index (χ3v) is 13.0. The second-order valence-corrected chi connectivity index (χ2v) is 18.7. The van der Waals surface area contributed by atoms with Gasteiger partial charge in [0.05, 0.1) is 13.2 Å². The molecule has 1 rings (SSSR count). The number of nitrogens with zero attached hydrogens (tertiary/aromatic N) is 1. The number of hydrogen-bond donors (Lipinski definition) is 0. The van der Waals surface area contributed by atoms with Crippen LogP contribution in [0.4, 0.5) is 0 Å². The van der Waals surface area contributed by atoms with Crippen LogP contribution >= 0.6 is 17.3 Å². The van der Waals surface area contributed by atoms with Gasteiger partial charge in [0.1, 0.15) is 0 Å². The molecule has 0 aliphatic heterocycles. The van der Waals surface area contributed by atoms with Gasteiger partial charge in [0.2, 0.25) is 0 Å². The van der Waals surface area contributed by atoms with Crippen molar-refractivity contribution in [2.75, 3.05) is 13.2 Å². The second-order valence-electron chi connectivity index (χ2n) is 12.6. The van der Waals surface area contributed by atoms with E-state index < -0.39 is 5.69 Å². The van der Waals surface area contributed by atoms with Gasteiger partial charge < -0.3 is 9.05 Å². The Balaban J connectivity index is 2.08. The summed E-state index contributed by atoms with van der Waals surface area (Å²) in [6.45, 7) is 6.02. The fraction of sp³-hybridized carbons (Fsp3) is 0.865. The van der Waals surface area contributed by atoms with Crippen molar-refractivity contribution in [2.45, 2.75) is 194 Å². The molecule has 0 saturated heterocycles. The quantitative estimate of drug-likeness (QED) is 0.0418. The van der Waals surface area contributed by atoms with E-state index in [4.69, 9.17) is 20.9 Å². The summed E-state index contributed by atoms with van der Waals surface area (Å²) in [5.41, 5.74) is -2.40. The third-order valence-electron chi connectivity index (χ3n) is 8.38. The van der Waals surface area contributed by atoms with Crippen LogP contribution in [-0.2, 0) is 20.9 Å². The van der Waals surface area contributed by atoms with Gasteiger partial charge in [-0.05, 0) is 24.6 Å². The van der Waals surface area contributed by atoms with E-state index in [0.717, 1.165) is 12.8 Å². The maximum Gasteiger partial charge on any atom is 0.317 e. The Labute approximate surface area is 278 Å². The summed E-state index contributed by atoms with van der Waals surface area (Å²) in [4.78, 5) is 0. The van der Waals surface area contributed by atoms with Crippen molar-refractivity contribution in [1.82, 2.24) is 0 Å². The Kier molecular flexibility index (Phi) is 30.6. The zero-order valence-corrected chi connectivity index (χ0v) is 31.2. The molecule has 0 atom stereocenters. The number of aromatic nitrogens is 1. The third kappa shape index (κ3) is 28.1. The number of rotatable bonds is 34. The fourth-order valence-corrected chi connectivity index (χ4v) is 9.83. The molecule has 0 N–H and O–H groups in total. The van der Waals surface area contributed by atoms with Crippen molar-refractivity contribution < 1.29 is 13.0 Å². The van der Waals surface area contributed by atoms with Gasteiger partial charge in [-0.3, -0.25) is 0 Å². The molecule has 1 aromatic rings. The molecule has 0 bridgehead atoms. The van der Waals surface area contributed by atoms with Crippen molar-refractivity contribution in [3.8, 4) is 0 Å². The highest BCUT2D eigenvalue weighted by Crippen LogP contribution is 2.59. The molecule has 43 heavy (non-hydrogen) atoms. The summed E-state index contributed by atoms with van der Waals surface area (Å²) >= 11 is 7.55. The first-order valence-corrected chi connectivity index (χ1v) is 22.8. The standard InChI is InChI=1S/C37H71NO2PS2/c1-3-5-7-9-11-13-15-17-19-21-23-25-27-32-36-39-41(42,43-38-34-30-29-31-35-38)40-37-33-28-26-24-22-20-18-16-14-12-10-8-6-4-2/h29-31,34-35H,3-28,32-33,36-37H2,1-2H3/q+1. The molecular formula is C37H71NO2PS2+. The summed E-state index contributed by atoms with van der Waals surface area (Å²) < 4.78 is 14.7. The Morgan fingerprint density at radius 2 is 0.721 bits per heavy atom. The Morgan fingerprint density at radius 3 is 1.02 bits per heavy atom. The van der Waals surface area contributed by atoms with Crippen LogP contribution in [0.5, 0.6) is 0 Å². The highest BCUT2D eigenvalue weighted by molar-refractivity contribution is 8.65. The van der Waals surface area contributed by atoms with Gasteiger partial charge in [0, 0.05) is 12.1 Å². The van der Waals surface area contributed by atoms with Crippen LogP contribution in [-0.4, -0.2) is 13.2 Å². The summed E-state index contributed by atoms with van der Waals surface area (Å²) in [6.07, 6.45) is 42.4. The molecule has 0 radical (unpaired) electrons. The van der Waals surface area contributed by atoms with E-state index in [1.54, 1.807) is 11.6 Å². The predicted molar refractivity (Wildman–Crippen MR) is 196 cm³/mol. The first-order valence-electron chi connectivity index (χ1n) is 18.8. The lowest BCUT2D eigenvalue weighted by atomic mass is 10.0. The minimum Gasteiger partial charge on any atom is -0.318 e. The zero-order valence-electron chi connectivity index (χ0n) is 28.6. The molecule has 0 saturated carbocycles. The summed E-state index contributed by atoms with van der Waals surface area (Å²) in [6, 6.07) is 6.10. The molecule has 1 heterocycles. The number of unbranched alkanes of at least 4 members (excludes halogenated alkanes) is 26. The topological polar surface area (TPSA) is 22.3 Å². The van der Waals surface area contributed by atoms with E-state index in [2.05, 4.69) is 17.8 Å². The molecule has 0 spiro atoms. The van der Waals surface area contributed by atoms with Crippen LogP contribution in [0.3, 0.4) is 0 Å². The average molecular weight is 657 g/mol. The molecule has 0 fully saturated rings. The van der Waals surface area contributed by atoms with Crippen molar-refractivity contribution in [2.24, 2.45) is 0 Å². The minimum absolute atomic E-state index is 0.717. The molecule has 252 valence electrons. The molecule has 0 aliphatic carbocycles. The van der Waals surface area contributed by atoms with Crippen molar-refractivity contribution in [3.05, 3.63) is 30.6 Å². The van der Waals surface area contributed by atoms with E-state index in [0.29, 0.717) is 13.2 Å².